The summed E-state index contributed by atoms with van der Waals surface area (Å²) in [6, 6.07) is 6.10. The van der Waals surface area contributed by atoms with Crippen molar-refractivity contribution in [1.29, 1.82) is 0 Å². The first kappa shape index (κ1) is 17.2. The summed E-state index contributed by atoms with van der Waals surface area (Å²) < 4.78 is 17.1. The molecule has 8 heteroatoms. The molecular formula is C17H22N4O4. The van der Waals surface area contributed by atoms with E-state index < -0.39 is 5.97 Å². The molecule has 134 valence electrons. The highest BCUT2D eigenvalue weighted by atomic mass is 16.5. The van der Waals surface area contributed by atoms with E-state index in [2.05, 4.69) is 19.7 Å². The van der Waals surface area contributed by atoms with Crippen molar-refractivity contribution in [3.63, 3.8) is 0 Å². The van der Waals surface area contributed by atoms with Crippen molar-refractivity contribution < 1.29 is 19.0 Å². The Morgan fingerprint density at radius 1 is 1.28 bits per heavy atom. The summed E-state index contributed by atoms with van der Waals surface area (Å²) in [6.45, 7) is 1.48. The molecule has 8 nitrogen and oxygen atoms in total. The van der Waals surface area contributed by atoms with Gasteiger partial charge in [0, 0.05) is 24.2 Å². The fourth-order valence-corrected chi connectivity index (χ4v) is 3.18. The third-order valence-corrected chi connectivity index (χ3v) is 4.39. The van der Waals surface area contributed by atoms with E-state index >= 15 is 0 Å². The average molecular weight is 346 g/mol. The molecule has 0 aliphatic carbocycles. The van der Waals surface area contributed by atoms with Gasteiger partial charge in [0.05, 0.1) is 28.0 Å². The van der Waals surface area contributed by atoms with Crippen molar-refractivity contribution in [2.24, 2.45) is 0 Å². The number of hydrogen-bond donors (Lipinski definition) is 0. The lowest BCUT2D eigenvalue weighted by molar-refractivity contribution is 0.0585. The summed E-state index contributed by atoms with van der Waals surface area (Å²) in [5.41, 5.74) is 1.12. The summed E-state index contributed by atoms with van der Waals surface area (Å²) >= 11 is 0. The maximum atomic E-state index is 11.5. The van der Waals surface area contributed by atoms with Crippen molar-refractivity contribution in [2.75, 3.05) is 27.9 Å². The number of rotatable bonds is 6. The summed E-state index contributed by atoms with van der Waals surface area (Å²) in [5, 5.41) is 4.18. The van der Waals surface area contributed by atoms with Gasteiger partial charge in [0.25, 0.3) is 5.82 Å². The van der Waals surface area contributed by atoms with E-state index in [-0.39, 0.29) is 11.9 Å². The van der Waals surface area contributed by atoms with E-state index in [1.54, 1.807) is 25.2 Å². The number of carbonyl (C=O) groups excluding carboxylic acids is 1. The minimum absolute atomic E-state index is 0.0697. The molecule has 0 N–H and O–H groups in total. The highest BCUT2D eigenvalue weighted by Gasteiger charge is 2.29. The van der Waals surface area contributed by atoms with Gasteiger partial charge < -0.3 is 14.2 Å². The molecule has 1 aliphatic heterocycles. The monoisotopic (exact) mass is 346 g/mol. The van der Waals surface area contributed by atoms with Gasteiger partial charge in [-0.25, -0.2) is 14.5 Å². The summed E-state index contributed by atoms with van der Waals surface area (Å²) in [4.78, 5) is 17.8. The van der Waals surface area contributed by atoms with Crippen LogP contribution in [0.15, 0.2) is 24.5 Å². The lowest BCUT2D eigenvalue weighted by Crippen LogP contribution is -2.27. The second-order valence-electron chi connectivity index (χ2n) is 5.82. The lowest BCUT2D eigenvalue weighted by atomic mass is 10.0. The minimum Gasteiger partial charge on any atom is -0.497 e. The highest BCUT2D eigenvalue weighted by Crippen LogP contribution is 2.38. The molecule has 3 rings (SSSR count). The molecular weight excluding hydrogens is 324 g/mol. The SMILES string of the molecule is COC(=O)c1ncn(CN2CCC[C@H]2c2ccc(OC)cc2OC)n1. The molecule has 1 fully saturated rings. The zero-order chi connectivity index (χ0) is 17.8. The average Bonchev–Trinajstić information content (AvgIpc) is 3.30. The number of aromatic nitrogens is 3. The molecule has 0 saturated carbocycles. The largest absolute Gasteiger partial charge is 0.497 e. The van der Waals surface area contributed by atoms with Crippen molar-refractivity contribution in [1.82, 2.24) is 19.7 Å². The van der Waals surface area contributed by atoms with Crippen LogP contribution < -0.4 is 9.47 Å². The normalized spacial score (nSPS) is 17.5. The quantitative estimate of drug-likeness (QED) is 0.739. The van der Waals surface area contributed by atoms with Gasteiger partial charge in [0.1, 0.15) is 17.8 Å². The number of benzene rings is 1. The number of likely N-dealkylation sites (tertiary alicyclic amines) is 1. The maximum Gasteiger partial charge on any atom is 0.377 e. The van der Waals surface area contributed by atoms with Crippen LogP contribution in [0.1, 0.15) is 35.1 Å². The summed E-state index contributed by atoms with van der Waals surface area (Å²) in [7, 11) is 4.62. The molecule has 2 aromatic rings. The third kappa shape index (κ3) is 3.58. The predicted molar refractivity (Wildman–Crippen MR) is 89.6 cm³/mol. The molecule has 1 saturated heterocycles. The van der Waals surface area contributed by atoms with Gasteiger partial charge >= 0.3 is 5.97 Å². The van der Waals surface area contributed by atoms with Gasteiger partial charge in [-0.05, 0) is 18.9 Å². The van der Waals surface area contributed by atoms with Gasteiger partial charge in [-0.3, -0.25) is 4.90 Å². The lowest BCUT2D eigenvalue weighted by Gasteiger charge is -2.26. The van der Waals surface area contributed by atoms with Crippen LogP contribution in [-0.2, 0) is 11.4 Å². The van der Waals surface area contributed by atoms with Crippen LogP contribution in [-0.4, -0.2) is 53.5 Å². The summed E-state index contributed by atoms with van der Waals surface area (Å²) in [6.07, 6.45) is 3.66. The van der Waals surface area contributed by atoms with Gasteiger partial charge in [0.15, 0.2) is 0 Å². The Balaban J connectivity index is 1.79. The molecule has 1 aromatic heterocycles. The van der Waals surface area contributed by atoms with Crippen molar-refractivity contribution in [2.45, 2.75) is 25.6 Å². The molecule has 0 radical (unpaired) electrons. The topological polar surface area (TPSA) is 78.7 Å². The predicted octanol–water partition coefficient (Wildman–Crippen LogP) is 1.88. The molecule has 25 heavy (non-hydrogen) atoms. The van der Waals surface area contributed by atoms with Crippen LogP contribution in [0.5, 0.6) is 11.5 Å². The Hall–Kier alpha value is -2.61. The van der Waals surface area contributed by atoms with Crippen LogP contribution in [0.25, 0.3) is 0 Å². The zero-order valence-corrected chi connectivity index (χ0v) is 14.6. The second-order valence-corrected chi connectivity index (χ2v) is 5.82. The molecule has 0 unspecified atom stereocenters. The zero-order valence-electron chi connectivity index (χ0n) is 14.6. The standard InChI is InChI=1S/C17H22N4O4/c1-23-12-6-7-13(15(9-12)24-2)14-5-4-8-20(14)11-21-10-18-16(19-21)17(22)25-3/h6-7,9-10,14H,4-5,8,11H2,1-3H3/t14-/m0/s1. The summed E-state index contributed by atoms with van der Waals surface area (Å²) in [5.74, 6) is 1.11. The van der Waals surface area contributed by atoms with E-state index in [9.17, 15) is 4.79 Å². The number of carbonyl (C=O) groups is 1. The molecule has 0 amide bonds. The van der Waals surface area contributed by atoms with Crippen molar-refractivity contribution in [3.05, 3.63) is 35.9 Å². The minimum atomic E-state index is -0.534. The first-order chi connectivity index (χ1) is 12.2. The van der Waals surface area contributed by atoms with E-state index in [4.69, 9.17) is 9.47 Å². The number of esters is 1. The van der Waals surface area contributed by atoms with Crippen LogP contribution in [0.2, 0.25) is 0 Å². The van der Waals surface area contributed by atoms with Gasteiger partial charge in [-0.15, -0.1) is 5.10 Å². The van der Waals surface area contributed by atoms with E-state index in [1.807, 2.05) is 18.2 Å². The maximum absolute atomic E-state index is 11.5. The van der Waals surface area contributed by atoms with E-state index in [0.717, 1.165) is 36.4 Å². The molecule has 1 atom stereocenters. The highest BCUT2D eigenvalue weighted by molar-refractivity contribution is 5.84. The molecule has 1 aliphatic rings. The number of nitrogens with zero attached hydrogens (tertiary/aromatic N) is 4. The van der Waals surface area contributed by atoms with Crippen LogP contribution in [0.3, 0.4) is 0 Å². The number of methoxy groups -OCH3 is 3. The smallest absolute Gasteiger partial charge is 0.377 e. The van der Waals surface area contributed by atoms with Gasteiger partial charge in [-0.1, -0.05) is 6.07 Å². The van der Waals surface area contributed by atoms with E-state index in [1.165, 1.54) is 7.11 Å². The molecule has 1 aromatic carbocycles. The Labute approximate surface area is 146 Å². The Kier molecular flexibility index (Phi) is 5.18. The Morgan fingerprint density at radius 2 is 2.12 bits per heavy atom. The second kappa shape index (κ2) is 7.52. The first-order valence-corrected chi connectivity index (χ1v) is 8.10. The van der Waals surface area contributed by atoms with Gasteiger partial charge in [0.2, 0.25) is 0 Å². The molecule has 2 heterocycles. The Bertz CT molecular complexity index is 746. The van der Waals surface area contributed by atoms with Crippen LogP contribution in [0, 0.1) is 0 Å². The van der Waals surface area contributed by atoms with Gasteiger partial charge in [-0.2, -0.15) is 0 Å². The fourth-order valence-electron chi connectivity index (χ4n) is 3.18. The molecule has 0 bridgehead atoms. The third-order valence-electron chi connectivity index (χ3n) is 4.39. The van der Waals surface area contributed by atoms with Crippen molar-refractivity contribution in [3.8, 4) is 11.5 Å². The molecule has 0 spiro atoms. The Morgan fingerprint density at radius 3 is 2.84 bits per heavy atom. The number of ether oxygens (including phenoxy) is 3. The first-order valence-electron chi connectivity index (χ1n) is 8.10. The van der Waals surface area contributed by atoms with Crippen LogP contribution in [0.4, 0.5) is 0 Å². The fraction of sp³-hybridized carbons (Fsp3) is 0.471. The van der Waals surface area contributed by atoms with E-state index in [0.29, 0.717) is 6.67 Å². The number of hydrogen-bond acceptors (Lipinski definition) is 7. The van der Waals surface area contributed by atoms with Crippen LogP contribution >= 0.6 is 0 Å². The van der Waals surface area contributed by atoms with Crippen molar-refractivity contribution >= 4 is 5.97 Å².